The SMILES string of the molecule is Cc1ccc2c(c1)c1c(n2-c2ccc3nc(C)ccc3c2)C2CCN(CC2)C1. The van der Waals surface area contributed by atoms with Crippen LogP contribution in [-0.4, -0.2) is 27.5 Å². The average molecular weight is 367 g/mol. The molecule has 140 valence electrons. The summed E-state index contributed by atoms with van der Waals surface area (Å²) in [6.45, 7) is 7.81. The Morgan fingerprint density at radius 3 is 2.64 bits per heavy atom. The van der Waals surface area contributed by atoms with Gasteiger partial charge in [0.05, 0.1) is 11.0 Å². The number of nitrogens with zero attached hydrogens (tertiary/aromatic N) is 3. The molecule has 0 unspecified atom stereocenters. The summed E-state index contributed by atoms with van der Waals surface area (Å²) in [5, 5.41) is 2.66. The van der Waals surface area contributed by atoms with Gasteiger partial charge in [-0.2, -0.15) is 0 Å². The van der Waals surface area contributed by atoms with Gasteiger partial charge in [0.15, 0.2) is 0 Å². The third kappa shape index (κ3) is 2.36. The lowest BCUT2D eigenvalue weighted by Gasteiger charge is -2.27. The summed E-state index contributed by atoms with van der Waals surface area (Å²) < 4.78 is 2.56. The molecule has 2 aromatic carbocycles. The van der Waals surface area contributed by atoms with Gasteiger partial charge in [0.2, 0.25) is 0 Å². The summed E-state index contributed by atoms with van der Waals surface area (Å²) in [4.78, 5) is 7.34. The van der Waals surface area contributed by atoms with Gasteiger partial charge < -0.3 is 4.57 Å². The van der Waals surface area contributed by atoms with Gasteiger partial charge in [0.1, 0.15) is 0 Å². The molecule has 0 atom stereocenters. The van der Waals surface area contributed by atoms with Gasteiger partial charge in [-0.15, -0.1) is 0 Å². The van der Waals surface area contributed by atoms with Crippen molar-refractivity contribution in [2.75, 3.05) is 13.1 Å². The van der Waals surface area contributed by atoms with Crippen molar-refractivity contribution in [3.8, 4) is 5.69 Å². The quantitative estimate of drug-likeness (QED) is 0.444. The summed E-state index contributed by atoms with van der Waals surface area (Å²) in [7, 11) is 0. The fourth-order valence-electron chi connectivity index (χ4n) is 5.30. The molecule has 2 aromatic heterocycles. The van der Waals surface area contributed by atoms with Crippen LogP contribution in [0.5, 0.6) is 0 Å². The van der Waals surface area contributed by atoms with E-state index in [0.717, 1.165) is 17.8 Å². The number of aryl methyl sites for hydroxylation is 2. The highest BCUT2D eigenvalue weighted by atomic mass is 15.1. The second-order valence-corrected chi connectivity index (χ2v) is 8.60. The third-order valence-electron chi connectivity index (χ3n) is 6.69. The van der Waals surface area contributed by atoms with Crippen LogP contribution in [-0.2, 0) is 6.54 Å². The van der Waals surface area contributed by atoms with E-state index in [0.29, 0.717) is 5.92 Å². The van der Waals surface area contributed by atoms with Crippen LogP contribution in [0.25, 0.3) is 27.5 Å². The zero-order chi connectivity index (χ0) is 18.8. The van der Waals surface area contributed by atoms with E-state index >= 15 is 0 Å². The van der Waals surface area contributed by atoms with E-state index in [2.05, 4.69) is 71.8 Å². The first-order chi connectivity index (χ1) is 13.7. The number of piperidine rings is 1. The van der Waals surface area contributed by atoms with Crippen molar-refractivity contribution in [1.29, 1.82) is 0 Å². The zero-order valence-corrected chi connectivity index (χ0v) is 16.6. The van der Waals surface area contributed by atoms with Gasteiger partial charge in [0.25, 0.3) is 0 Å². The fraction of sp³-hybridized carbons (Fsp3) is 0.320. The van der Waals surface area contributed by atoms with Gasteiger partial charge in [-0.05, 0) is 81.7 Å². The smallest absolute Gasteiger partial charge is 0.0706 e. The van der Waals surface area contributed by atoms with Crippen molar-refractivity contribution >= 4 is 21.8 Å². The standard InChI is InChI=1S/C25H25N3/c1-16-3-8-24-21(13-16)22-15-27-11-9-18(10-12-27)25(22)28(24)20-6-7-23-19(14-20)5-4-17(2)26-23/h3-8,13-14,18H,9-12,15H2,1-2H3. The Morgan fingerprint density at radius 1 is 0.929 bits per heavy atom. The molecule has 2 bridgehead atoms. The van der Waals surface area contributed by atoms with Gasteiger partial charge in [-0.1, -0.05) is 17.7 Å². The van der Waals surface area contributed by atoms with Crippen LogP contribution in [0.2, 0.25) is 0 Å². The van der Waals surface area contributed by atoms with Crippen molar-refractivity contribution in [2.45, 2.75) is 39.2 Å². The van der Waals surface area contributed by atoms with Crippen molar-refractivity contribution < 1.29 is 0 Å². The zero-order valence-electron chi connectivity index (χ0n) is 16.6. The number of pyridine rings is 1. The van der Waals surface area contributed by atoms with Gasteiger partial charge in [0, 0.05) is 40.3 Å². The highest BCUT2D eigenvalue weighted by Crippen LogP contribution is 2.42. The molecule has 0 aliphatic carbocycles. The average Bonchev–Trinajstić information content (AvgIpc) is 2.82. The van der Waals surface area contributed by atoms with E-state index in [1.807, 2.05) is 0 Å². The number of benzene rings is 2. The number of hydrogen-bond donors (Lipinski definition) is 0. The molecule has 3 nitrogen and oxygen atoms in total. The molecule has 0 N–H and O–H groups in total. The number of hydrogen-bond acceptors (Lipinski definition) is 2. The molecule has 3 heteroatoms. The number of aromatic nitrogens is 2. The maximum atomic E-state index is 4.70. The molecule has 3 aliphatic heterocycles. The van der Waals surface area contributed by atoms with Crippen LogP contribution < -0.4 is 0 Å². The van der Waals surface area contributed by atoms with Crippen LogP contribution in [0.1, 0.15) is 41.3 Å². The molecule has 4 aromatic rings. The topological polar surface area (TPSA) is 21.1 Å². The summed E-state index contributed by atoms with van der Waals surface area (Å²) in [6.07, 6.45) is 2.55. The highest BCUT2D eigenvalue weighted by molar-refractivity contribution is 5.90. The first-order valence-electron chi connectivity index (χ1n) is 10.4. The molecule has 0 radical (unpaired) electrons. The molecule has 7 rings (SSSR count). The Hall–Kier alpha value is -2.65. The van der Waals surface area contributed by atoms with Crippen molar-refractivity contribution in [3.05, 3.63) is 71.0 Å². The highest BCUT2D eigenvalue weighted by Gasteiger charge is 2.33. The molecule has 1 saturated heterocycles. The summed E-state index contributed by atoms with van der Waals surface area (Å²) in [5.74, 6) is 0.660. The third-order valence-corrected chi connectivity index (χ3v) is 6.69. The molecule has 1 fully saturated rings. The van der Waals surface area contributed by atoms with Crippen LogP contribution in [0, 0.1) is 13.8 Å². The lowest BCUT2D eigenvalue weighted by molar-refractivity contribution is 0.220. The molecule has 5 heterocycles. The van der Waals surface area contributed by atoms with Crippen LogP contribution in [0.15, 0.2) is 48.5 Å². The van der Waals surface area contributed by atoms with E-state index in [1.165, 1.54) is 53.5 Å². The molecule has 0 spiro atoms. The maximum absolute atomic E-state index is 4.70. The van der Waals surface area contributed by atoms with E-state index in [4.69, 9.17) is 4.98 Å². The van der Waals surface area contributed by atoms with Crippen molar-refractivity contribution in [2.24, 2.45) is 0 Å². The molecule has 3 aliphatic rings. The summed E-state index contributed by atoms with van der Waals surface area (Å²) in [5.41, 5.74) is 9.23. The van der Waals surface area contributed by atoms with Crippen molar-refractivity contribution in [1.82, 2.24) is 14.5 Å². The second-order valence-electron chi connectivity index (χ2n) is 8.60. The molecular weight excluding hydrogens is 342 g/mol. The predicted molar refractivity (Wildman–Crippen MR) is 115 cm³/mol. The Balaban J connectivity index is 1.67. The van der Waals surface area contributed by atoms with Gasteiger partial charge in [-0.3, -0.25) is 9.88 Å². The minimum Gasteiger partial charge on any atom is -0.313 e. The Kier molecular flexibility index (Phi) is 3.45. The number of fused-ring (bicyclic) bond motifs is 4. The lowest BCUT2D eigenvalue weighted by atomic mass is 9.93. The predicted octanol–water partition coefficient (Wildman–Crippen LogP) is 5.49. The summed E-state index contributed by atoms with van der Waals surface area (Å²) in [6, 6.07) is 18.0. The Bertz CT molecular complexity index is 1230. The van der Waals surface area contributed by atoms with E-state index in [-0.39, 0.29) is 0 Å². The largest absolute Gasteiger partial charge is 0.313 e. The minimum atomic E-state index is 0.660. The van der Waals surface area contributed by atoms with Crippen LogP contribution in [0.4, 0.5) is 0 Å². The second kappa shape index (κ2) is 5.92. The van der Waals surface area contributed by atoms with E-state index < -0.39 is 0 Å². The van der Waals surface area contributed by atoms with E-state index in [1.54, 1.807) is 11.3 Å². The Morgan fingerprint density at radius 2 is 1.79 bits per heavy atom. The maximum Gasteiger partial charge on any atom is 0.0706 e. The molecule has 0 amide bonds. The first kappa shape index (κ1) is 16.3. The molecular formula is C25H25N3. The molecule has 0 saturated carbocycles. The normalized spacial score (nSPS) is 21.2. The fourth-order valence-corrected chi connectivity index (χ4v) is 5.30. The minimum absolute atomic E-state index is 0.660. The van der Waals surface area contributed by atoms with E-state index in [9.17, 15) is 0 Å². The lowest BCUT2D eigenvalue weighted by Crippen LogP contribution is -2.29. The Labute approximate surface area is 165 Å². The van der Waals surface area contributed by atoms with Crippen LogP contribution in [0.3, 0.4) is 0 Å². The van der Waals surface area contributed by atoms with Gasteiger partial charge in [-0.25, -0.2) is 0 Å². The van der Waals surface area contributed by atoms with Crippen molar-refractivity contribution in [3.63, 3.8) is 0 Å². The monoisotopic (exact) mass is 367 g/mol. The molecule has 28 heavy (non-hydrogen) atoms. The number of rotatable bonds is 1. The summed E-state index contributed by atoms with van der Waals surface area (Å²) >= 11 is 0. The van der Waals surface area contributed by atoms with Crippen LogP contribution >= 0.6 is 0 Å². The van der Waals surface area contributed by atoms with Gasteiger partial charge >= 0.3 is 0 Å². The first-order valence-corrected chi connectivity index (χ1v) is 10.4.